The summed E-state index contributed by atoms with van der Waals surface area (Å²) in [7, 11) is 5.09. The Morgan fingerprint density at radius 3 is 1.87 bits per heavy atom. The number of fused-ring (bicyclic) bond motifs is 2. The third-order valence-electron chi connectivity index (χ3n) is 9.05. The number of nitrogens with one attached hydrogen (secondary N) is 1. The number of carbonyl (C=O) groups is 1. The Morgan fingerprint density at radius 1 is 0.731 bits per heavy atom. The predicted molar refractivity (Wildman–Crippen MR) is 287 cm³/mol. The molecule has 0 atom stereocenters. The molecule has 2 aliphatic heterocycles. The second-order valence-electron chi connectivity index (χ2n) is 13.8. The lowest BCUT2D eigenvalue weighted by molar-refractivity contribution is 0.174. The van der Waals surface area contributed by atoms with Crippen molar-refractivity contribution < 1.29 is 9.53 Å². The molecular formula is C46H37Br4IN14O2. The summed E-state index contributed by atoms with van der Waals surface area (Å²) < 4.78 is 13.8. The number of aromatic nitrogens is 10. The SMILES string of the molecule is C#CC1=CCN=C1.COC(=O)n1c(-c2cnn(C)c2)cc2cnc(Br)cc21.Cn1cc(-c2cc3cnc(Br)cc3[nH]2)cn1.Nc1cc(Br)ncc1C#CC1=CCN=C1.Nc1cc(Br)ncc1I. The van der Waals surface area contributed by atoms with Gasteiger partial charge in [0.1, 0.15) is 18.4 Å². The Labute approximate surface area is 432 Å². The van der Waals surface area contributed by atoms with Gasteiger partial charge in [-0.15, -0.1) is 6.42 Å². The molecule has 10 rings (SSSR count). The highest BCUT2D eigenvalue weighted by Gasteiger charge is 2.18. The second kappa shape index (κ2) is 24.0. The number of aromatic amines is 1. The third kappa shape index (κ3) is 14.1. The summed E-state index contributed by atoms with van der Waals surface area (Å²) in [6.45, 7) is 1.48. The summed E-state index contributed by atoms with van der Waals surface area (Å²) in [5, 5.41) is 10.2. The molecule has 5 N–H and O–H groups in total. The summed E-state index contributed by atoms with van der Waals surface area (Å²) in [6.07, 6.45) is 26.2. The van der Waals surface area contributed by atoms with Crippen LogP contribution >= 0.6 is 86.3 Å². The van der Waals surface area contributed by atoms with Crippen LogP contribution in [-0.2, 0) is 18.8 Å². The van der Waals surface area contributed by atoms with E-state index >= 15 is 0 Å². The fourth-order valence-corrected chi connectivity index (χ4v) is 7.50. The lowest BCUT2D eigenvalue weighted by Gasteiger charge is -2.06. The van der Waals surface area contributed by atoms with E-state index in [0.717, 1.165) is 92.6 Å². The van der Waals surface area contributed by atoms with Crippen LogP contribution in [0.2, 0.25) is 0 Å². The third-order valence-corrected chi connectivity index (χ3v) is 11.7. The number of pyridine rings is 4. The minimum atomic E-state index is -0.447. The maximum Gasteiger partial charge on any atom is 0.418 e. The maximum atomic E-state index is 12.1. The van der Waals surface area contributed by atoms with Gasteiger partial charge < -0.3 is 21.2 Å². The highest BCUT2D eigenvalue weighted by Crippen LogP contribution is 2.29. The number of nitrogens with two attached hydrogens (primary N) is 2. The number of hydrogen-bond acceptors (Lipinski definition) is 12. The molecule has 2 aliphatic rings. The number of nitrogens with zero attached hydrogens (tertiary/aromatic N) is 11. The molecule has 0 spiro atoms. The van der Waals surface area contributed by atoms with Crippen molar-refractivity contribution in [3.8, 4) is 46.7 Å². The monoisotopic (exact) mass is 1260 g/mol. The molecule has 338 valence electrons. The van der Waals surface area contributed by atoms with Crippen molar-refractivity contribution in [3.05, 3.63) is 137 Å². The minimum absolute atomic E-state index is 0.447. The van der Waals surface area contributed by atoms with Crippen LogP contribution in [0.4, 0.5) is 16.2 Å². The Balaban J connectivity index is 0.000000144. The van der Waals surface area contributed by atoms with E-state index in [1.807, 2.05) is 63.2 Å². The van der Waals surface area contributed by atoms with Crippen LogP contribution in [0.25, 0.3) is 44.3 Å². The van der Waals surface area contributed by atoms with Crippen molar-refractivity contribution in [2.75, 3.05) is 31.7 Å². The highest BCUT2D eigenvalue weighted by atomic mass is 127. The number of terminal acetylenes is 1. The van der Waals surface area contributed by atoms with Gasteiger partial charge in [0.15, 0.2) is 0 Å². The predicted octanol–water partition coefficient (Wildman–Crippen LogP) is 9.99. The van der Waals surface area contributed by atoms with Crippen LogP contribution in [0.5, 0.6) is 0 Å². The number of aryl methyl sites for hydroxylation is 2. The van der Waals surface area contributed by atoms with Crippen molar-refractivity contribution in [1.29, 1.82) is 0 Å². The first-order valence-corrected chi connectivity index (χ1v) is 23.7. The number of anilines is 2. The van der Waals surface area contributed by atoms with Crippen molar-refractivity contribution in [2.24, 2.45) is 24.1 Å². The molecule has 0 saturated carbocycles. The van der Waals surface area contributed by atoms with Gasteiger partial charge >= 0.3 is 6.09 Å². The number of aliphatic imine (C=N–C) groups is 2. The molecule has 16 nitrogen and oxygen atoms in total. The van der Waals surface area contributed by atoms with E-state index in [4.69, 9.17) is 22.6 Å². The number of nitrogen functional groups attached to an aromatic ring is 2. The molecule has 0 aromatic carbocycles. The first kappa shape index (κ1) is 50.2. The fourth-order valence-electron chi connectivity index (χ4n) is 5.85. The first-order chi connectivity index (χ1) is 32.2. The average Bonchev–Trinajstić information content (AvgIpc) is 4.18. The van der Waals surface area contributed by atoms with Crippen LogP contribution in [0.1, 0.15) is 5.56 Å². The van der Waals surface area contributed by atoms with Crippen molar-refractivity contribution in [1.82, 2.24) is 49.0 Å². The molecule has 10 heterocycles. The van der Waals surface area contributed by atoms with E-state index in [9.17, 15) is 4.79 Å². The normalized spacial score (nSPS) is 11.9. The number of rotatable bonds is 2. The molecule has 8 aromatic rings. The summed E-state index contributed by atoms with van der Waals surface area (Å²) in [6, 6.07) is 11.2. The van der Waals surface area contributed by atoms with E-state index < -0.39 is 6.09 Å². The molecule has 0 radical (unpaired) electrons. The molecule has 0 unspecified atom stereocenters. The Bertz CT molecular complexity index is 3310. The van der Waals surface area contributed by atoms with Crippen molar-refractivity contribution in [2.45, 2.75) is 0 Å². The number of H-pyrrole nitrogens is 1. The highest BCUT2D eigenvalue weighted by molar-refractivity contribution is 14.1. The maximum absolute atomic E-state index is 12.1. The van der Waals surface area contributed by atoms with E-state index in [1.165, 1.54) is 11.7 Å². The number of carbonyl (C=O) groups excluding carboxylic acids is 1. The van der Waals surface area contributed by atoms with Gasteiger partial charge in [-0.3, -0.25) is 19.3 Å². The number of halogens is 5. The molecule has 0 saturated heterocycles. The Hall–Kier alpha value is -6.24. The molecule has 8 aromatic heterocycles. The van der Waals surface area contributed by atoms with Gasteiger partial charge in [0.05, 0.1) is 64.1 Å². The summed E-state index contributed by atoms with van der Waals surface area (Å²) >= 11 is 15.2. The van der Waals surface area contributed by atoms with E-state index in [2.05, 4.69) is 155 Å². The molecule has 0 fully saturated rings. The van der Waals surface area contributed by atoms with Crippen molar-refractivity contribution in [3.63, 3.8) is 0 Å². The molecule has 0 amide bonds. The minimum Gasteiger partial charge on any atom is -0.452 e. The van der Waals surface area contributed by atoms with Crippen LogP contribution in [0.3, 0.4) is 0 Å². The van der Waals surface area contributed by atoms with Gasteiger partial charge in [-0.1, -0.05) is 17.8 Å². The Morgan fingerprint density at radius 2 is 1.31 bits per heavy atom. The molecular weight excluding hydrogens is 1230 g/mol. The first-order valence-electron chi connectivity index (χ1n) is 19.4. The zero-order chi connectivity index (χ0) is 48.0. The van der Waals surface area contributed by atoms with Gasteiger partial charge in [0, 0.05) is 108 Å². The summed E-state index contributed by atoms with van der Waals surface area (Å²) in [4.78, 5) is 39.7. The number of methoxy groups -OCH3 is 1. The van der Waals surface area contributed by atoms with Gasteiger partial charge in [-0.25, -0.2) is 29.3 Å². The van der Waals surface area contributed by atoms with Crippen LogP contribution in [-0.4, -0.2) is 87.8 Å². The van der Waals surface area contributed by atoms with E-state index in [0.29, 0.717) is 14.9 Å². The van der Waals surface area contributed by atoms with E-state index in [1.54, 1.807) is 64.8 Å². The smallest absolute Gasteiger partial charge is 0.418 e. The van der Waals surface area contributed by atoms with Gasteiger partial charge in [-0.05, 0) is 135 Å². The molecule has 0 aliphatic carbocycles. The van der Waals surface area contributed by atoms with E-state index in [-0.39, 0.29) is 0 Å². The molecule has 21 heteroatoms. The number of ether oxygens (including phenoxy) is 1. The van der Waals surface area contributed by atoms with Crippen LogP contribution in [0.15, 0.2) is 138 Å². The topological polar surface area (TPSA) is 211 Å². The quantitative estimate of drug-likeness (QED) is 0.0847. The zero-order valence-corrected chi connectivity index (χ0v) is 44.2. The Kier molecular flexibility index (Phi) is 18.0. The lowest BCUT2D eigenvalue weighted by Crippen LogP contribution is -2.12. The average molecular weight is 1260 g/mol. The van der Waals surface area contributed by atoms with Gasteiger partial charge in [-0.2, -0.15) is 10.2 Å². The zero-order valence-electron chi connectivity index (χ0n) is 35.7. The largest absolute Gasteiger partial charge is 0.452 e. The fraction of sp³-hybridized carbons (Fsp3) is 0.109. The van der Waals surface area contributed by atoms with Crippen LogP contribution < -0.4 is 11.5 Å². The number of hydrogen-bond donors (Lipinski definition) is 3. The number of allylic oxidation sites excluding steroid dienone is 2. The summed E-state index contributed by atoms with van der Waals surface area (Å²) in [5.41, 5.74) is 20.8. The summed E-state index contributed by atoms with van der Waals surface area (Å²) in [5.74, 6) is 8.42. The standard InChI is InChI=1S/C13H11BrN4O2.C11H9BrN4.C11H8BrN3.C6H5N.C5H4BrIN2/c1-17-7-9(6-16-17)10-3-8-5-15-12(14)4-11(8)18(10)13(19)20-2;1-16-6-8(5-14-16)9-2-7-4-13-11(12)3-10(7)15-9;12-11-5-10(13)9(7-15-11)2-1-8-3-4-14-6-8;1-2-6-3-4-7-5-6;6-5-1-4(8)3(7)2-9-5/h3-7H,1-2H3;2-6,15H,1H3;3,5-7H,4H2,(H2,13,15);1,3,5H,4H2;1-2H,(H2,8,9). The second-order valence-corrected chi connectivity index (χ2v) is 18.2. The van der Waals surface area contributed by atoms with Crippen LogP contribution in [0, 0.1) is 27.8 Å². The molecule has 0 bridgehead atoms. The van der Waals surface area contributed by atoms with Gasteiger partial charge in [0.2, 0.25) is 0 Å². The van der Waals surface area contributed by atoms with Crippen molar-refractivity contribution >= 4 is 138 Å². The lowest BCUT2D eigenvalue weighted by atomic mass is 10.2. The van der Waals surface area contributed by atoms with Gasteiger partial charge in [0.25, 0.3) is 0 Å². The molecule has 67 heavy (non-hydrogen) atoms.